The van der Waals surface area contributed by atoms with Crippen molar-refractivity contribution in [2.45, 2.75) is 26.9 Å². The first-order chi connectivity index (χ1) is 14.1. The molecule has 0 amide bonds. The predicted molar refractivity (Wildman–Crippen MR) is 130 cm³/mol. The van der Waals surface area contributed by atoms with E-state index in [1.54, 1.807) is 0 Å². The molecule has 4 aromatic rings. The van der Waals surface area contributed by atoms with Crippen LogP contribution in [0.25, 0.3) is 0 Å². The van der Waals surface area contributed by atoms with E-state index in [4.69, 9.17) is 0 Å². The van der Waals surface area contributed by atoms with E-state index in [9.17, 15) is 0 Å². The molecule has 0 aliphatic carbocycles. The third-order valence-corrected chi connectivity index (χ3v) is 10.2. The maximum Gasteiger partial charge on any atom is 0.116 e. The Bertz CT molecular complexity index is 963. The van der Waals surface area contributed by atoms with Crippen LogP contribution in [0.2, 0.25) is 0 Å². The maximum atomic E-state index is 2.33. The van der Waals surface area contributed by atoms with Gasteiger partial charge in [0.2, 0.25) is 0 Å². The van der Waals surface area contributed by atoms with Crippen molar-refractivity contribution in [2.24, 2.45) is 0 Å². The molecule has 0 atom stereocenters. The van der Waals surface area contributed by atoms with Crippen molar-refractivity contribution >= 4 is 23.2 Å². The fraction of sp³-hybridized carbons (Fsp3) is 0.143. The summed E-state index contributed by atoms with van der Waals surface area (Å²) in [6.07, 6.45) is 1.04. The monoisotopic (exact) mass is 395 g/mol. The van der Waals surface area contributed by atoms with Crippen LogP contribution in [0.15, 0.2) is 103 Å². The molecule has 0 fully saturated rings. The molecule has 0 heterocycles. The Morgan fingerprint density at radius 2 is 0.862 bits per heavy atom. The van der Waals surface area contributed by atoms with Gasteiger partial charge in [-0.3, -0.25) is 0 Å². The smallest absolute Gasteiger partial charge is 0.0620 e. The molecule has 0 bridgehead atoms. The lowest BCUT2D eigenvalue weighted by molar-refractivity contribution is 1.20. The van der Waals surface area contributed by atoms with E-state index in [0.29, 0.717) is 0 Å². The highest BCUT2D eigenvalue weighted by Gasteiger charge is 2.45. The highest BCUT2D eigenvalue weighted by atomic mass is 31.2. The van der Waals surface area contributed by atoms with Crippen LogP contribution in [0.1, 0.15) is 22.3 Å². The number of aryl methyl sites for hydroxylation is 3. The molecule has 0 N–H and O–H groups in total. The summed E-state index contributed by atoms with van der Waals surface area (Å²) in [5, 5.41) is 4.32. The summed E-state index contributed by atoms with van der Waals surface area (Å²) >= 11 is 0. The standard InChI is InChI=1S/C28H28P/c1-22-19-23(2)28(24(3)20-22)21-29(25-13-7-4-8-14-25,26-15-9-5-10-16-26)27-17-11-6-12-18-27/h4-20H,21H2,1-3H3/q+1. The quantitative estimate of drug-likeness (QED) is 0.358. The lowest BCUT2D eigenvalue weighted by Crippen LogP contribution is -2.32. The average Bonchev–Trinajstić information content (AvgIpc) is 2.75. The van der Waals surface area contributed by atoms with Crippen molar-refractivity contribution in [3.8, 4) is 0 Å². The van der Waals surface area contributed by atoms with E-state index in [-0.39, 0.29) is 0 Å². The Kier molecular flexibility index (Phi) is 5.65. The summed E-state index contributed by atoms with van der Waals surface area (Å²) in [5.41, 5.74) is 5.62. The zero-order valence-corrected chi connectivity index (χ0v) is 18.4. The number of rotatable bonds is 5. The second-order valence-corrected chi connectivity index (χ2v) is 11.3. The minimum Gasteiger partial charge on any atom is -0.0620 e. The van der Waals surface area contributed by atoms with Crippen molar-refractivity contribution in [1.29, 1.82) is 0 Å². The van der Waals surface area contributed by atoms with E-state index in [1.807, 2.05) is 0 Å². The number of hydrogen-bond donors (Lipinski definition) is 0. The van der Waals surface area contributed by atoms with Gasteiger partial charge in [-0.2, -0.15) is 0 Å². The molecule has 4 aromatic carbocycles. The van der Waals surface area contributed by atoms with Gasteiger partial charge in [-0.1, -0.05) is 72.3 Å². The predicted octanol–water partition coefficient (Wildman–Crippen LogP) is 6.11. The number of hydrogen-bond acceptors (Lipinski definition) is 0. The number of benzene rings is 4. The van der Waals surface area contributed by atoms with Gasteiger partial charge >= 0.3 is 0 Å². The molecule has 144 valence electrons. The Morgan fingerprint density at radius 3 is 1.21 bits per heavy atom. The van der Waals surface area contributed by atoms with Gasteiger partial charge in [-0.25, -0.2) is 0 Å². The highest BCUT2D eigenvalue weighted by molar-refractivity contribution is 7.95. The van der Waals surface area contributed by atoms with Crippen LogP contribution < -0.4 is 15.9 Å². The van der Waals surface area contributed by atoms with Gasteiger partial charge in [0.15, 0.2) is 0 Å². The lowest BCUT2D eigenvalue weighted by Gasteiger charge is -2.29. The van der Waals surface area contributed by atoms with Crippen LogP contribution in [0.3, 0.4) is 0 Å². The zero-order valence-electron chi connectivity index (χ0n) is 17.5. The van der Waals surface area contributed by atoms with Crippen LogP contribution in [0.5, 0.6) is 0 Å². The van der Waals surface area contributed by atoms with E-state index in [0.717, 1.165) is 6.16 Å². The highest BCUT2D eigenvalue weighted by Crippen LogP contribution is 2.58. The molecule has 0 aliphatic rings. The first-order valence-corrected chi connectivity index (χ1v) is 12.2. The van der Waals surface area contributed by atoms with Crippen molar-refractivity contribution in [3.05, 3.63) is 125 Å². The van der Waals surface area contributed by atoms with Gasteiger partial charge in [-0.05, 0) is 73.9 Å². The average molecular weight is 396 g/mol. The lowest BCUT2D eigenvalue weighted by atomic mass is 10.0. The molecule has 0 nitrogen and oxygen atoms in total. The Labute approximate surface area is 175 Å². The Morgan fingerprint density at radius 1 is 0.517 bits per heavy atom. The molecule has 0 spiro atoms. The van der Waals surface area contributed by atoms with Crippen LogP contribution in [0.4, 0.5) is 0 Å². The van der Waals surface area contributed by atoms with Crippen molar-refractivity contribution in [3.63, 3.8) is 0 Å². The van der Waals surface area contributed by atoms with E-state index in [1.165, 1.54) is 38.2 Å². The van der Waals surface area contributed by atoms with Crippen LogP contribution in [0, 0.1) is 20.8 Å². The normalized spacial score (nSPS) is 11.4. The molecule has 0 saturated carbocycles. The largest absolute Gasteiger partial charge is 0.116 e. The van der Waals surface area contributed by atoms with E-state index >= 15 is 0 Å². The first-order valence-electron chi connectivity index (χ1n) is 10.2. The van der Waals surface area contributed by atoms with Gasteiger partial charge in [0.05, 0.1) is 6.16 Å². The topological polar surface area (TPSA) is 0 Å². The van der Waals surface area contributed by atoms with Crippen molar-refractivity contribution in [1.82, 2.24) is 0 Å². The Balaban J connectivity index is 2.04. The van der Waals surface area contributed by atoms with Gasteiger partial charge in [0.25, 0.3) is 0 Å². The third kappa shape index (κ3) is 3.78. The van der Waals surface area contributed by atoms with Gasteiger partial charge in [0.1, 0.15) is 23.2 Å². The molecule has 1 heteroatoms. The maximum absolute atomic E-state index is 2.33. The van der Waals surface area contributed by atoms with E-state index in [2.05, 4.69) is 124 Å². The molecule has 0 aliphatic heterocycles. The van der Waals surface area contributed by atoms with Crippen molar-refractivity contribution in [2.75, 3.05) is 0 Å². The van der Waals surface area contributed by atoms with Gasteiger partial charge < -0.3 is 0 Å². The first kappa shape index (κ1) is 19.6. The second kappa shape index (κ2) is 8.36. The van der Waals surface area contributed by atoms with Gasteiger partial charge in [0, 0.05) is 0 Å². The molecule has 4 rings (SSSR count). The summed E-state index contributed by atoms with van der Waals surface area (Å²) in [7, 11) is -1.84. The molecule has 0 radical (unpaired) electrons. The van der Waals surface area contributed by atoms with Crippen LogP contribution in [-0.2, 0) is 6.16 Å². The summed E-state index contributed by atoms with van der Waals surface area (Å²) < 4.78 is 0. The Hall–Kier alpha value is -2.69. The minimum absolute atomic E-state index is 1.04. The molecular formula is C28H28P+. The summed E-state index contributed by atoms with van der Waals surface area (Å²) in [6.45, 7) is 6.73. The molecular weight excluding hydrogens is 367 g/mol. The molecule has 29 heavy (non-hydrogen) atoms. The zero-order chi connectivity index (χ0) is 20.3. The molecule has 0 saturated heterocycles. The fourth-order valence-electron chi connectivity index (χ4n) is 4.46. The summed E-state index contributed by atoms with van der Waals surface area (Å²) in [6, 6.07) is 38.1. The van der Waals surface area contributed by atoms with Gasteiger partial charge in [-0.15, -0.1) is 0 Å². The van der Waals surface area contributed by atoms with Crippen LogP contribution in [-0.4, -0.2) is 0 Å². The fourth-order valence-corrected chi connectivity index (χ4v) is 8.92. The second-order valence-electron chi connectivity index (χ2n) is 7.85. The van der Waals surface area contributed by atoms with E-state index < -0.39 is 7.26 Å². The SMILES string of the molecule is Cc1cc(C)c(C[P+](c2ccccc2)(c2ccccc2)c2ccccc2)c(C)c1. The van der Waals surface area contributed by atoms with Crippen molar-refractivity contribution < 1.29 is 0 Å². The van der Waals surface area contributed by atoms with Crippen LogP contribution >= 0.6 is 7.26 Å². The summed E-state index contributed by atoms with van der Waals surface area (Å²) in [5.74, 6) is 0. The molecule has 0 unspecified atom stereocenters. The minimum atomic E-state index is -1.84. The molecule has 0 aromatic heterocycles. The third-order valence-electron chi connectivity index (χ3n) is 5.83. The summed E-state index contributed by atoms with van der Waals surface area (Å²) in [4.78, 5) is 0.